The molecule has 1 aromatic rings. The molecule has 3 aliphatic rings. The number of aryl methyl sites for hydroxylation is 1. The van der Waals surface area contributed by atoms with Crippen molar-refractivity contribution in [2.45, 2.75) is 44.6 Å². The molecule has 30 heavy (non-hydrogen) atoms. The molecule has 1 saturated carbocycles. The van der Waals surface area contributed by atoms with Gasteiger partial charge < -0.3 is 5.32 Å². The minimum atomic E-state index is -0.979. The molecule has 5 amide bonds. The Balaban J connectivity index is 1.36. The highest BCUT2D eigenvalue weighted by Crippen LogP contribution is 2.28. The Morgan fingerprint density at radius 1 is 1.07 bits per heavy atom. The number of hydrogen-bond donors (Lipinski definition) is 2. The Morgan fingerprint density at radius 2 is 1.80 bits per heavy atom. The number of hydrogen-bond acceptors (Lipinski definition) is 6. The molecular weight excluding hydrogens is 390 g/mol. The van der Waals surface area contributed by atoms with Crippen LogP contribution in [0.5, 0.6) is 0 Å². The van der Waals surface area contributed by atoms with Crippen LogP contribution in [0.3, 0.4) is 0 Å². The largest absolute Gasteiger partial charge is 0.356 e. The maximum absolute atomic E-state index is 12.8. The monoisotopic (exact) mass is 411 g/mol. The fraction of sp³-hybridized carbons (Fsp3) is 0.429. The third-order valence-corrected chi connectivity index (χ3v) is 5.76. The molecule has 1 atom stereocenters. The maximum atomic E-state index is 12.8. The summed E-state index contributed by atoms with van der Waals surface area (Å²) in [6.07, 6.45) is 2.07. The predicted octanol–water partition coefficient (Wildman–Crippen LogP) is 0.116. The van der Waals surface area contributed by atoms with Crippen molar-refractivity contribution in [3.8, 4) is 0 Å². The first-order valence-corrected chi connectivity index (χ1v) is 9.99. The Bertz CT molecular complexity index is 977. The van der Waals surface area contributed by atoms with Crippen LogP contribution in [0.15, 0.2) is 18.2 Å². The van der Waals surface area contributed by atoms with Gasteiger partial charge in [-0.15, -0.1) is 0 Å². The topological polar surface area (TPSA) is 130 Å². The van der Waals surface area contributed by atoms with E-state index in [0.717, 1.165) is 10.5 Å². The molecule has 2 heterocycles. The number of imide groups is 2. The first kappa shape index (κ1) is 19.9. The summed E-state index contributed by atoms with van der Waals surface area (Å²) < 4.78 is 0. The minimum Gasteiger partial charge on any atom is -0.356 e. The van der Waals surface area contributed by atoms with Gasteiger partial charge in [0.1, 0.15) is 11.8 Å². The number of piperidine rings is 1. The normalized spacial score (nSPS) is 21.4. The van der Waals surface area contributed by atoms with Crippen LogP contribution in [-0.4, -0.2) is 52.8 Å². The van der Waals surface area contributed by atoms with Crippen LogP contribution in [0.2, 0.25) is 0 Å². The van der Waals surface area contributed by atoms with E-state index in [1.807, 2.05) is 0 Å². The van der Waals surface area contributed by atoms with E-state index in [-0.39, 0.29) is 41.6 Å². The van der Waals surface area contributed by atoms with Gasteiger partial charge in [-0.2, -0.15) is 0 Å². The lowest BCUT2D eigenvalue weighted by Gasteiger charge is -2.27. The Hall–Kier alpha value is -3.36. The molecule has 1 aromatic carbocycles. The zero-order valence-electron chi connectivity index (χ0n) is 16.2. The van der Waals surface area contributed by atoms with Crippen molar-refractivity contribution >= 4 is 35.3 Å². The van der Waals surface area contributed by atoms with E-state index >= 15 is 0 Å². The second-order valence-corrected chi connectivity index (χ2v) is 7.87. The summed E-state index contributed by atoms with van der Waals surface area (Å²) in [5.74, 6) is -2.31. The van der Waals surface area contributed by atoms with Crippen molar-refractivity contribution in [2.24, 2.45) is 5.92 Å². The molecule has 1 unspecified atom stereocenters. The van der Waals surface area contributed by atoms with Crippen LogP contribution >= 0.6 is 0 Å². The Labute approximate surface area is 172 Å². The highest BCUT2D eigenvalue weighted by atomic mass is 16.2. The molecular formula is C21H21N3O6. The van der Waals surface area contributed by atoms with Gasteiger partial charge in [0.25, 0.3) is 11.8 Å². The van der Waals surface area contributed by atoms with Crippen molar-refractivity contribution in [1.29, 1.82) is 0 Å². The molecule has 9 nitrogen and oxygen atoms in total. The summed E-state index contributed by atoms with van der Waals surface area (Å²) in [5.41, 5.74) is 1.34. The van der Waals surface area contributed by atoms with E-state index in [1.54, 1.807) is 18.2 Å². The Kier molecular flexibility index (Phi) is 5.19. The number of amides is 5. The van der Waals surface area contributed by atoms with E-state index in [4.69, 9.17) is 0 Å². The molecule has 4 rings (SSSR count). The number of carbonyl (C=O) groups excluding carboxylic acids is 6. The molecule has 156 valence electrons. The molecule has 1 aliphatic carbocycles. The zero-order chi connectivity index (χ0) is 21.4. The summed E-state index contributed by atoms with van der Waals surface area (Å²) >= 11 is 0. The molecule has 2 N–H and O–H groups in total. The van der Waals surface area contributed by atoms with Crippen LogP contribution < -0.4 is 10.6 Å². The molecule has 2 fully saturated rings. The van der Waals surface area contributed by atoms with E-state index < -0.39 is 29.7 Å². The number of fused-ring (bicyclic) bond motifs is 1. The lowest BCUT2D eigenvalue weighted by atomic mass is 9.83. The van der Waals surface area contributed by atoms with Gasteiger partial charge >= 0.3 is 0 Å². The van der Waals surface area contributed by atoms with Gasteiger partial charge in [0.2, 0.25) is 17.7 Å². The van der Waals surface area contributed by atoms with Crippen LogP contribution in [0.4, 0.5) is 0 Å². The van der Waals surface area contributed by atoms with E-state index in [0.29, 0.717) is 32.2 Å². The average Bonchev–Trinajstić information content (AvgIpc) is 2.93. The fourth-order valence-electron chi connectivity index (χ4n) is 4.00. The fourth-order valence-corrected chi connectivity index (χ4v) is 4.00. The van der Waals surface area contributed by atoms with Crippen molar-refractivity contribution in [2.75, 3.05) is 6.54 Å². The minimum absolute atomic E-state index is 0.0792. The number of rotatable bonds is 6. The highest BCUT2D eigenvalue weighted by Gasteiger charge is 2.44. The van der Waals surface area contributed by atoms with E-state index in [1.165, 1.54) is 0 Å². The second-order valence-electron chi connectivity index (χ2n) is 7.87. The van der Waals surface area contributed by atoms with Gasteiger partial charge in [-0.25, -0.2) is 0 Å². The zero-order valence-corrected chi connectivity index (χ0v) is 16.2. The number of ketones is 1. The van der Waals surface area contributed by atoms with Crippen molar-refractivity contribution < 1.29 is 28.8 Å². The van der Waals surface area contributed by atoms with Gasteiger partial charge in [0.15, 0.2) is 0 Å². The molecule has 0 radical (unpaired) electrons. The standard InChI is InChI=1S/C21H21N3O6/c25-13-9-12(10-13)18(27)22-7-1-2-11-3-4-14-15(8-11)21(30)24(20(14)29)16-5-6-17(26)23-19(16)28/h3-4,8,12,16H,1-2,5-7,9-10H2,(H,22,27)(H,23,26,28). The summed E-state index contributed by atoms with van der Waals surface area (Å²) in [7, 11) is 0. The van der Waals surface area contributed by atoms with Crippen LogP contribution in [0.1, 0.15) is 58.4 Å². The Morgan fingerprint density at radius 3 is 2.50 bits per heavy atom. The third-order valence-electron chi connectivity index (χ3n) is 5.76. The highest BCUT2D eigenvalue weighted by molar-refractivity contribution is 6.23. The predicted molar refractivity (Wildman–Crippen MR) is 102 cm³/mol. The maximum Gasteiger partial charge on any atom is 0.262 e. The molecule has 0 spiro atoms. The van der Waals surface area contributed by atoms with Gasteiger partial charge in [0.05, 0.1) is 17.0 Å². The number of nitrogens with one attached hydrogen (secondary N) is 2. The molecule has 2 aliphatic heterocycles. The molecule has 9 heteroatoms. The van der Waals surface area contributed by atoms with Gasteiger partial charge in [-0.05, 0) is 37.0 Å². The summed E-state index contributed by atoms with van der Waals surface area (Å²) in [4.78, 5) is 72.6. The van der Waals surface area contributed by atoms with Gasteiger partial charge in [0, 0.05) is 25.8 Å². The quantitative estimate of drug-likeness (QED) is 0.505. The molecule has 0 bridgehead atoms. The van der Waals surface area contributed by atoms with Crippen molar-refractivity contribution in [3.63, 3.8) is 0 Å². The first-order chi connectivity index (χ1) is 14.3. The number of benzene rings is 1. The molecule has 1 saturated heterocycles. The first-order valence-electron chi connectivity index (χ1n) is 9.99. The van der Waals surface area contributed by atoms with E-state index in [2.05, 4.69) is 10.6 Å². The smallest absolute Gasteiger partial charge is 0.262 e. The summed E-state index contributed by atoms with van der Waals surface area (Å²) in [6, 6.07) is 4.00. The lowest BCUT2D eigenvalue weighted by molar-refractivity contribution is -0.137. The lowest BCUT2D eigenvalue weighted by Crippen LogP contribution is -2.54. The SMILES string of the molecule is O=C1CC(C(=O)NCCCc2ccc3c(c2)C(=O)N(C2CCC(=O)NC2=O)C3=O)C1. The second kappa shape index (κ2) is 7.81. The average molecular weight is 411 g/mol. The third kappa shape index (κ3) is 3.62. The van der Waals surface area contributed by atoms with Gasteiger partial charge in [-0.1, -0.05) is 6.07 Å². The molecule has 0 aromatic heterocycles. The van der Waals surface area contributed by atoms with Crippen molar-refractivity contribution in [3.05, 3.63) is 34.9 Å². The summed E-state index contributed by atoms with van der Waals surface area (Å²) in [5, 5.41) is 4.98. The van der Waals surface area contributed by atoms with Crippen LogP contribution in [-0.2, 0) is 25.6 Å². The number of nitrogens with zero attached hydrogens (tertiary/aromatic N) is 1. The van der Waals surface area contributed by atoms with Gasteiger partial charge in [-0.3, -0.25) is 39.0 Å². The van der Waals surface area contributed by atoms with Crippen LogP contribution in [0.25, 0.3) is 0 Å². The van der Waals surface area contributed by atoms with Crippen molar-refractivity contribution in [1.82, 2.24) is 15.5 Å². The summed E-state index contributed by atoms with van der Waals surface area (Å²) in [6.45, 7) is 0.454. The van der Waals surface area contributed by atoms with Crippen LogP contribution in [0, 0.1) is 5.92 Å². The number of Topliss-reactive ketones (excluding diaryl/α,β-unsaturated/α-hetero) is 1. The number of carbonyl (C=O) groups is 6. The van der Waals surface area contributed by atoms with E-state index in [9.17, 15) is 28.8 Å².